The van der Waals surface area contributed by atoms with Crippen LogP contribution in [0, 0.1) is 0 Å². The normalized spacial score (nSPS) is 17.9. The Labute approximate surface area is 120 Å². The van der Waals surface area contributed by atoms with Gasteiger partial charge in [-0.15, -0.1) is 0 Å². The molecule has 1 aliphatic rings. The van der Waals surface area contributed by atoms with Gasteiger partial charge in [0.1, 0.15) is 0 Å². The molecule has 4 heteroatoms. The van der Waals surface area contributed by atoms with E-state index < -0.39 is 0 Å². The third-order valence-corrected chi connectivity index (χ3v) is 3.40. The van der Waals surface area contributed by atoms with Gasteiger partial charge in [-0.25, -0.2) is 0 Å². The van der Waals surface area contributed by atoms with Crippen molar-refractivity contribution in [3.63, 3.8) is 0 Å². The molecule has 0 saturated carbocycles. The minimum atomic E-state index is 0.0949. The van der Waals surface area contributed by atoms with E-state index in [2.05, 4.69) is 34.9 Å². The molecule has 0 fully saturated rings. The van der Waals surface area contributed by atoms with Gasteiger partial charge in [0.2, 0.25) is 5.91 Å². The maximum Gasteiger partial charge on any atom is 0.221 e. The summed E-state index contributed by atoms with van der Waals surface area (Å²) in [5, 5.41) is 6.20. The number of amides is 1. The molecule has 1 amide bonds. The summed E-state index contributed by atoms with van der Waals surface area (Å²) in [6, 6.07) is 8.63. The van der Waals surface area contributed by atoms with Crippen molar-refractivity contribution < 1.29 is 9.53 Å². The Morgan fingerprint density at radius 3 is 3.00 bits per heavy atom. The predicted molar refractivity (Wildman–Crippen MR) is 79.6 cm³/mol. The second-order valence-electron chi connectivity index (χ2n) is 5.48. The van der Waals surface area contributed by atoms with Crippen LogP contribution in [0.2, 0.25) is 0 Å². The van der Waals surface area contributed by atoms with Crippen LogP contribution in [0.4, 0.5) is 0 Å². The van der Waals surface area contributed by atoms with E-state index in [1.54, 1.807) is 0 Å². The second-order valence-corrected chi connectivity index (χ2v) is 5.48. The molecule has 0 radical (unpaired) electrons. The van der Waals surface area contributed by atoms with Crippen LogP contribution in [-0.2, 0) is 16.0 Å². The van der Waals surface area contributed by atoms with Gasteiger partial charge in [-0.05, 0) is 31.4 Å². The quantitative estimate of drug-likeness (QED) is 0.779. The Morgan fingerprint density at radius 1 is 1.40 bits per heavy atom. The van der Waals surface area contributed by atoms with Gasteiger partial charge in [-0.3, -0.25) is 4.79 Å². The number of hydrogen-bond acceptors (Lipinski definition) is 3. The highest BCUT2D eigenvalue weighted by Crippen LogP contribution is 2.25. The highest BCUT2D eigenvalue weighted by atomic mass is 16.5. The summed E-state index contributed by atoms with van der Waals surface area (Å²) < 4.78 is 5.81. The number of carbonyl (C=O) groups is 1. The number of fused-ring (bicyclic) bond motifs is 1. The van der Waals surface area contributed by atoms with Gasteiger partial charge in [-0.2, -0.15) is 0 Å². The minimum absolute atomic E-state index is 0.0949. The molecule has 1 aromatic carbocycles. The van der Waals surface area contributed by atoms with Gasteiger partial charge in [0.25, 0.3) is 0 Å². The molecule has 0 spiro atoms. The van der Waals surface area contributed by atoms with Crippen LogP contribution in [0.1, 0.15) is 37.5 Å². The largest absolute Gasteiger partial charge is 0.372 e. The van der Waals surface area contributed by atoms with Crippen molar-refractivity contribution in [3.05, 3.63) is 35.4 Å². The summed E-state index contributed by atoms with van der Waals surface area (Å²) in [6.45, 7) is 6.15. The Morgan fingerprint density at radius 2 is 2.20 bits per heavy atom. The van der Waals surface area contributed by atoms with Crippen molar-refractivity contribution in [3.8, 4) is 0 Å². The molecule has 1 unspecified atom stereocenters. The van der Waals surface area contributed by atoms with Crippen LogP contribution in [0.3, 0.4) is 0 Å². The first kappa shape index (κ1) is 15.0. The van der Waals surface area contributed by atoms with E-state index in [4.69, 9.17) is 4.74 Å². The molecule has 1 aliphatic heterocycles. The summed E-state index contributed by atoms with van der Waals surface area (Å²) in [5.74, 6) is 0.0949. The van der Waals surface area contributed by atoms with E-state index in [1.807, 2.05) is 13.8 Å². The number of ether oxygens (including phenoxy) is 1. The Kier molecular flexibility index (Phi) is 5.56. The topological polar surface area (TPSA) is 50.4 Å². The monoisotopic (exact) mass is 276 g/mol. The molecule has 1 atom stereocenters. The number of benzene rings is 1. The van der Waals surface area contributed by atoms with E-state index in [9.17, 15) is 4.79 Å². The predicted octanol–water partition coefficient (Wildman–Crippen LogP) is 1.80. The Balaban J connectivity index is 1.74. The summed E-state index contributed by atoms with van der Waals surface area (Å²) in [6.07, 6.45) is 1.60. The van der Waals surface area contributed by atoms with Gasteiger partial charge in [-0.1, -0.05) is 24.3 Å². The zero-order valence-electron chi connectivity index (χ0n) is 12.3. The maximum atomic E-state index is 11.5. The lowest BCUT2D eigenvalue weighted by molar-refractivity contribution is -0.121. The first-order valence-corrected chi connectivity index (χ1v) is 7.36. The van der Waals surface area contributed by atoms with E-state index in [1.165, 1.54) is 11.1 Å². The van der Waals surface area contributed by atoms with Gasteiger partial charge < -0.3 is 15.4 Å². The van der Waals surface area contributed by atoms with Crippen LogP contribution in [0.25, 0.3) is 0 Å². The second kappa shape index (κ2) is 7.41. The van der Waals surface area contributed by atoms with Crippen molar-refractivity contribution in [2.45, 2.75) is 38.8 Å². The molecule has 20 heavy (non-hydrogen) atoms. The molecule has 0 aliphatic carbocycles. The van der Waals surface area contributed by atoms with Crippen molar-refractivity contribution >= 4 is 5.91 Å². The molecule has 0 aromatic heterocycles. The fourth-order valence-electron chi connectivity index (χ4n) is 2.47. The molecule has 2 N–H and O–H groups in total. The Bertz CT molecular complexity index is 446. The zero-order valence-corrected chi connectivity index (χ0v) is 12.3. The molecule has 110 valence electrons. The van der Waals surface area contributed by atoms with Gasteiger partial charge in [0, 0.05) is 25.6 Å². The lowest BCUT2D eigenvalue weighted by Crippen LogP contribution is -2.34. The van der Waals surface area contributed by atoms with Crippen LogP contribution in [-0.4, -0.2) is 31.6 Å². The molecule has 0 saturated heterocycles. The number of nitrogens with one attached hydrogen (secondary N) is 2. The van der Waals surface area contributed by atoms with Gasteiger partial charge >= 0.3 is 0 Å². The summed E-state index contributed by atoms with van der Waals surface area (Å²) in [5.41, 5.74) is 2.65. The first-order chi connectivity index (χ1) is 9.66. The maximum absolute atomic E-state index is 11.5. The van der Waals surface area contributed by atoms with Gasteiger partial charge in [0.05, 0.1) is 12.7 Å². The fourth-order valence-corrected chi connectivity index (χ4v) is 2.47. The highest BCUT2D eigenvalue weighted by molar-refractivity contribution is 5.76. The minimum Gasteiger partial charge on any atom is -0.372 e. The fraction of sp³-hybridized carbons (Fsp3) is 0.562. The molecular weight excluding hydrogens is 252 g/mol. The summed E-state index contributed by atoms with van der Waals surface area (Å²) in [7, 11) is 0. The van der Waals surface area contributed by atoms with Crippen LogP contribution >= 0.6 is 0 Å². The van der Waals surface area contributed by atoms with Crippen LogP contribution < -0.4 is 10.6 Å². The molecule has 0 bridgehead atoms. The standard InChI is InChI=1S/C16H24N2O2/c1-12(2)18-16(19)7-9-17-11-15-14-6-4-3-5-13(14)8-10-20-15/h3-6,12,15,17H,7-11H2,1-2H3,(H,18,19). The van der Waals surface area contributed by atoms with Crippen molar-refractivity contribution in [2.75, 3.05) is 19.7 Å². The van der Waals surface area contributed by atoms with Gasteiger partial charge in [0.15, 0.2) is 0 Å². The van der Waals surface area contributed by atoms with E-state index >= 15 is 0 Å². The molecule has 2 rings (SSSR count). The highest BCUT2D eigenvalue weighted by Gasteiger charge is 2.19. The molecular formula is C16H24N2O2. The lowest BCUT2D eigenvalue weighted by atomic mass is 9.97. The Hall–Kier alpha value is -1.39. The van der Waals surface area contributed by atoms with E-state index in [0.29, 0.717) is 13.0 Å². The zero-order chi connectivity index (χ0) is 14.4. The van der Waals surface area contributed by atoms with Crippen LogP contribution in [0.15, 0.2) is 24.3 Å². The number of hydrogen-bond donors (Lipinski definition) is 2. The molecule has 4 nitrogen and oxygen atoms in total. The first-order valence-electron chi connectivity index (χ1n) is 7.36. The third kappa shape index (κ3) is 4.32. The number of rotatable bonds is 6. The SMILES string of the molecule is CC(C)NC(=O)CCNCC1OCCc2ccccc21. The lowest BCUT2D eigenvalue weighted by Gasteiger charge is -2.26. The van der Waals surface area contributed by atoms with E-state index in [-0.39, 0.29) is 18.1 Å². The average Bonchev–Trinajstić information content (AvgIpc) is 2.43. The summed E-state index contributed by atoms with van der Waals surface area (Å²) >= 11 is 0. The molecule has 1 aromatic rings. The van der Waals surface area contributed by atoms with E-state index in [0.717, 1.165) is 19.6 Å². The molecule has 1 heterocycles. The van der Waals surface area contributed by atoms with Crippen molar-refractivity contribution in [1.82, 2.24) is 10.6 Å². The number of carbonyl (C=O) groups excluding carboxylic acids is 1. The third-order valence-electron chi connectivity index (χ3n) is 3.40. The van der Waals surface area contributed by atoms with Crippen molar-refractivity contribution in [2.24, 2.45) is 0 Å². The smallest absolute Gasteiger partial charge is 0.221 e. The average molecular weight is 276 g/mol. The van der Waals surface area contributed by atoms with Crippen molar-refractivity contribution in [1.29, 1.82) is 0 Å². The van der Waals surface area contributed by atoms with Crippen LogP contribution in [0.5, 0.6) is 0 Å². The summed E-state index contributed by atoms with van der Waals surface area (Å²) in [4.78, 5) is 11.5.